The Kier molecular flexibility index (Phi) is 6.03. The van der Waals surface area contributed by atoms with Crippen LogP contribution in [0.4, 0.5) is 0 Å². The molecule has 3 rings (SSSR count). The van der Waals surface area contributed by atoms with Crippen molar-refractivity contribution in [3.8, 4) is 22.8 Å². The van der Waals surface area contributed by atoms with Gasteiger partial charge in [-0.05, 0) is 43.3 Å². The van der Waals surface area contributed by atoms with E-state index in [9.17, 15) is 4.79 Å². The quantitative estimate of drug-likeness (QED) is 0.452. The van der Waals surface area contributed by atoms with Crippen LogP contribution in [0.2, 0.25) is 5.02 Å². The van der Waals surface area contributed by atoms with Gasteiger partial charge in [0, 0.05) is 11.3 Å². The van der Waals surface area contributed by atoms with E-state index < -0.39 is 5.25 Å². The van der Waals surface area contributed by atoms with Crippen molar-refractivity contribution < 1.29 is 14.3 Å². The molecule has 0 aliphatic rings. The molecule has 0 saturated heterocycles. The molecule has 0 N–H and O–H groups in total. The summed E-state index contributed by atoms with van der Waals surface area (Å²) in [5.41, 5.74) is 1.58. The average molecular weight is 404 g/mol. The smallest absolute Gasteiger partial charge is 0.318 e. The van der Waals surface area contributed by atoms with Crippen LogP contribution in [-0.4, -0.2) is 40.2 Å². The summed E-state index contributed by atoms with van der Waals surface area (Å²) in [6, 6.07) is 14.9. The van der Waals surface area contributed by atoms with Crippen molar-refractivity contribution in [1.82, 2.24) is 14.8 Å². The van der Waals surface area contributed by atoms with Gasteiger partial charge in [0.2, 0.25) is 0 Å². The summed E-state index contributed by atoms with van der Waals surface area (Å²) in [4.78, 5) is 11.8. The van der Waals surface area contributed by atoms with Gasteiger partial charge >= 0.3 is 5.97 Å². The Morgan fingerprint density at radius 3 is 2.44 bits per heavy atom. The second-order valence-corrected chi connectivity index (χ2v) is 7.32. The molecule has 0 amide bonds. The minimum absolute atomic E-state index is 0.330. The van der Waals surface area contributed by atoms with E-state index in [1.807, 2.05) is 47.0 Å². The number of halogens is 1. The molecule has 0 fully saturated rings. The van der Waals surface area contributed by atoms with E-state index in [0.29, 0.717) is 16.0 Å². The molecule has 2 aromatic carbocycles. The minimum atomic E-state index is -0.435. The number of nitrogens with zero attached hydrogens (tertiary/aromatic N) is 3. The van der Waals surface area contributed by atoms with Crippen molar-refractivity contribution in [2.75, 3.05) is 14.2 Å². The summed E-state index contributed by atoms with van der Waals surface area (Å²) in [7, 11) is 2.98. The van der Waals surface area contributed by atoms with Crippen LogP contribution in [-0.2, 0) is 9.53 Å². The first-order valence-electron chi connectivity index (χ1n) is 8.14. The summed E-state index contributed by atoms with van der Waals surface area (Å²) in [6.45, 7) is 1.76. The highest BCUT2D eigenvalue weighted by atomic mass is 35.5. The van der Waals surface area contributed by atoms with Gasteiger partial charge in [-0.1, -0.05) is 35.5 Å². The van der Waals surface area contributed by atoms with Crippen LogP contribution in [0, 0.1) is 0 Å². The number of hydrogen-bond acceptors (Lipinski definition) is 6. The summed E-state index contributed by atoms with van der Waals surface area (Å²) < 4.78 is 11.9. The molecule has 27 heavy (non-hydrogen) atoms. The molecule has 0 aliphatic carbocycles. The first-order chi connectivity index (χ1) is 13.0. The van der Waals surface area contributed by atoms with E-state index >= 15 is 0 Å². The normalized spacial score (nSPS) is 11.9. The Morgan fingerprint density at radius 1 is 1.11 bits per heavy atom. The van der Waals surface area contributed by atoms with Crippen LogP contribution in [0.15, 0.2) is 53.7 Å². The SMILES string of the molecule is COC(=O)C(C)Sc1nnc(-c2ccccc2Cl)n1-c1ccc(OC)cc1. The minimum Gasteiger partial charge on any atom is -0.497 e. The molecule has 8 heteroatoms. The van der Waals surface area contributed by atoms with Crippen molar-refractivity contribution in [3.63, 3.8) is 0 Å². The molecule has 6 nitrogen and oxygen atoms in total. The highest BCUT2D eigenvalue weighted by molar-refractivity contribution is 8.00. The van der Waals surface area contributed by atoms with Gasteiger partial charge < -0.3 is 9.47 Å². The number of thioether (sulfide) groups is 1. The van der Waals surface area contributed by atoms with Crippen LogP contribution in [0.5, 0.6) is 5.75 Å². The zero-order chi connectivity index (χ0) is 19.4. The summed E-state index contributed by atoms with van der Waals surface area (Å²) >= 11 is 7.64. The lowest BCUT2D eigenvalue weighted by atomic mass is 10.2. The monoisotopic (exact) mass is 403 g/mol. The van der Waals surface area contributed by atoms with Crippen LogP contribution in [0.3, 0.4) is 0 Å². The predicted molar refractivity (Wildman–Crippen MR) is 106 cm³/mol. The number of aromatic nitrogens is 3. The summed E-state index contributed by atoms with van der Waals surface area (Å²) in [6.07, 6.45) is 0. The van der Waals surface area contributed by atoms with Gasteiger partial charge in [0.25, 0.3) is 0 Å². The van der Waals surface area contributed by atoms with Gasteiger partial charge in [0.15, 0.2) is 11.0 Å². The van der Waals surface area contributed by atoms with Gasteiger partial charge in [-0.25, -0.2) is 0 Å². The number of carbonyl (C=O) groups is 1. The molecule has 1 atom stereocenters. The van der Waals surface area contributed by atoms with Crippen molar-refractivity contribution in [2.45, 2.75) is 17.3 Å². The van der Waals surface area contributed by atoms with Gasteiger partial charge in [-0.3, -0.25) is 9.36 Å². The molecule has 1 heterocycles. The number of ether oxygens (including phenoxy) is 2. The Labute approximate surface area is 166 Å². The third-order valence-corrected chi connectivity index (χ3v) is 5.24. The molecule has 0 saturated carbocycles. The first kappa shape index (κ1) is 19.3. The van der Waals surface area contributed by atoms with Gasteiger partial charge in [0.05, 0.1) is 19.2 Å². The lowest BCUT2D eigenvalue weighted by Gasteiger charge is -2.13. The molecule has 3 aromatic rings. The Morgan fingerprint density at radius 2 is 1.81 bits per heavy atom. The number of benzene rings is 2. The average Bonchev–Trinajstić information content (AvgIpc) is 3.10. The second kappa shape index (κ2) is 8.45. The van der Waals surface area contributed by atoms with E-state index in [0.717, 1.165) is 17.0 Å². The van der Waals surface area contributed by atoms with Crippen molar-refractivity contribution in [1.29, 1.82) is 0 Å². The van der Waals surface area contributed by atoms with Crippen molar-refractivity contribution in [3.05, 3.63) is 53.6 Å². The molecule has 0 bridgehead atoms. The fraction of sp³-hybridized carbons (Fsp3) is 0.211. The highest BCUT2D eigenvalue weighted by Gasteiger charge is 2.23. The summed E-state index contributed by atoms with van der Waals surface area (Å²) in [5, 5.41) is 9.31. The van der Waals surface area contributed by atoms with E-state index in [1.54, 1.807) is 20.1 Å². The van der Waals surface area contributed by atoms with E-state index in [-0.39, 0.29) is 5.97 Å². The van der Waals surface area contributed by atoms with Crippen molar-refractivity contribution >= 4 is 29.3 Å². The lowest BCUT2D eigenvalue weighted by molar-refractivity contribution is -0.139. The largest absolute Gasteiger partial charge is 0.497 e. The molecule has 1 unspecified atom stereocenters. The zero-order valence-corrected chi connectivity index (χ0v) is 16.6. The number of rotatable bonds is 6. The zero-order valence-electron chi connectivity index (χ0n) is 15.0. The third-order valence-electron chi connectivity index (χ3n) is 3.89. The number of methoxy groups -OCH3 is 2. The van der Waals surface area contributed by atoms with Gasteiger partial charge in [0.1, 0.15) is 11.0 Å². The van der Waals surface area contributed by atoms with E-state index in [2.05, 4.69) is 10.2 Å². The maximum atomic E-state index is 11.8. The fourth-order valence-corrected chi connectivity index (χ4v) is 3.61. The predicted octanol–water partition coefficient (Wildman–Crippen LogP) is 4.25. The van der Waals surface area contributed by atoms with Crippen LogP contribution < -0.4 is 4.74 Å². The molecule has 140 valence electrons. The molecular formula is C19H18ClN3O3S. The summed E-state index contributed by atoms with van der Waals surface area (Å²) in [5.74, 6) is 0.997. The molecule has 1 aromatic heterocycles. The first-order valence-corrected chi connectivity index (χ1v) is 9.40. The molecule has 0 aliphatic heterocycles. The maximum absolute atomic E-state index is 11.8. The van der Waals surface area contributed by atoms with E-state index in [1.165, 1.54) is 18.9 Å². The Balaban J connectivity index is 2.11. The molecule has 0 radical (unpaired) electrons. The lowest BCUT2D eigenvalue weighted by Crippen LogP contribution is -2.15. The van der Waals surface area contributed by atoms with Gasteiger partial charge in [-0.15, -0.1) is 10.2 Å². The van der Waals surface area contributed by atoms with Crippen LogP contribution >= 0.6 is 23.4 Å². The van der Waals surface area contributed by atoms with Crippen LogP contribution in [0.1, 0.15) is 6.92 Å². The maximum Gasteiger partial charge on any atom is 0.318 e. The molecular weight excluding hydrogens is 386 g/mol. The number of hydrogen-bond donors (Lipinski definition) is 0. The molecule has 0 spiro atoms. The Bertz CT molecular complexity index is 944. The van der Waals surface area contributed by atoms with Crippen LogP contribution in [0.25, 0.3) is 17.1 Å². The number of esters is 1. The third kappa shape index (κ3) is 4.09. The number of carbonyl (C=O) groups excluding carboxylic acids is 1. The van der Waals surface area contributed by atoms with E-state index in [4.69, 9.17) is 21.1 Å². The Hall–Kier alpha value is -2.51. The second-order valence-electron chi connectivity index (χ2n) is 5.60. The highest BCUT2D eigenvalue weighted by Crippen LogP contribution is 2.33. The topological polar surface area (TPSA) is 66.2 Å². The standard InChI is InChI=1S/C19H18ClN3O3S/c1-12(18(24)26-3)27-19-22-21-17(15-6-4-5-7-16(15)20)23(19)13-8-10-14(25-2)11-9-13/h4-12H,1-3H3. The fourth-order valence-electron chi connectivity index (χ4n) is 2.50. The van der Waals surface area contributed by atoms with Gasteiger partial charge in [-0.2, -0.15) is 0 Å². The van der Waals surface area contributed by atoms with Crippen molar-refractivity contribution in [2.24, 2.45) is 0 Å².